The lowest BCUT2D eigenvalue weighted by atomic mass is 10.2. The molecule has 1 unspecified atom stereocenters. The van der Waals surface area contributed by atoms with Crippen molar-refractivity contribution < 1.29 is 14.3 Å². The van der Waals surface area contributed by atoms with Crippen LogP contribution in [0.2, 0.25) is 0 Å². The van der Waals surface area contributed by atoms with Crippen molar-refractivity contribution in [2.45, 2.75) is 59.6 Å². The Morgan fingerprint density at radius 2 is 1.74 bits per heavy atom. The van der Waals surface area contributed by atoms with E-state index >= 15 is 0 Å². The van der Waals surface area contributed by atoms with Gasteiger partial charge in [-0.2, -0.15) is 0 Å². The zero-order chi connectivity index (χ0) is 15.1. The fourth-order valence-corrected chi connectivity index (χ4v) is 1.33. The number of hydrogen-bond acceptors (Lipinski definition) is 4. The highest BCUT2D eigenvalue weighted by molar-refractivity contribution is 5.81. The van der Waals surface area contributed by atoms with Crippen LogP contribution in [0.5, 0.6) is 0 Å². The highest BCUT2D eigenvalue weighted by atomic mass is 16.6. The minimum Gasteiger partial charge on any atom is -0.460 e. The Morgan fingerprint density at radius 3 is 2.21 bits per heavy atom. The molecule has 5 heteroatoms. The van der Waals surface area contributed by atoms with Crippen LogP contribution in [0.25, 0.3) is 0 Å². The Bertz CT molecular complexity index is 296. The fourth-order valence-electron chi connectivity index (χ4n) is 1.33. The third kappa shape index (κ3) is 10.5. The van der Waals surface area contributed by atoms with Gasteiger partial charge in [0.15, 0.2) is 0 Å². The van der Waals surface area contributed by atoms with E-state index in [1.165, 1.54) is 0 Å². The Kier molecular flexibility index (Phi) is 7.68. The quantitative estimate of drug-likeness (QED) is 0.689. The van der Waals surface area contributed by atoms with E-state index in [-0.39, 0.29) is 24.3 Å². The predicted molar refractivity (Wildman–Crippen MR) is 75.8 cm³/mol. The second kappa shape index (κ2) is 8.15. The molecule has 0 bridgehead atoms. The highest BCUT2D eigenvalue weighted by Gasteiger charge is 2.17. The number of rotatable bonds is 7. The molecule has 0 spiro atoms. The maximum Gasteiger partial charge on any atom is 0.307 e. The van der Waals surface area contributed by atoms with Gasteiger partial charge in [0.05, 0.1) is 12.5 Å². The van der Waals surface area contributed by atoms with Gasteiger partial charge in [0, 0.05) is 13.1 Å². The first-order chi connectivity index (χ1) is 8.61. The monoisotopic (exact) mass is 272 g/mol. The summed E-state index contributed by atoms with van der Waals surface area (Å²) in [5, 5.41) is 5.85. The van der Waals surface area contributed by atoms with Gasteiger partial charge in [0.2, 0.25) is 5.91 Å². The van der Waals surface area contributed by atoms with E-state index in [9.17, 15) is 9.59 Å². The summed E-state index contributed by atoms with van der Waals surface area (Å²) in [5.41, 5.74) is -0.461. The summed E-state index contributed by atoms with van der Waals surface area (Å²) in [6.45, 7) is 12.5. The van der Waals surface area contributed by atoms with E-state index in [4.69, 9.17) is 4.74 Å². The average molecular weight is 272 g/mol. The van der Waals surface area contributed by atoms with Crippen molar-refractivity contribution in [1.29, 1.82) is 0 Å². The van der Waals surface area contributed by atoms with Crippen LogP contribution < -0.4 is 10.6 Å². The summed E-state index contributed by atoms with van der Waals surface area (Å²) in [4.78, 5) is 23.1. The largest absolute Gasteiger partial charge is 0.460 e. The standard InChI is InChI=1S/C14H28N2O3/c1-10(2)9-16-13(18)11(3)15-8-7-12(17)19-14(4,5)6/h10-11,15H,7-9H2,1-6H3,(H,16,18). The molecule has 1 amide bonds. The lowest BCUT2D eigenvalue weighted by Crippen LogP contribution is -2.44. The number of amides is 1. The van der Waals surface area contributed by atoms with Gasteiger partial charge in [0.25, 0.3) is 0 Å². The predicted octanol–water partition coefficient (Wildman–Crippen LogP) is 1.47. The molecule has 2 N–H and O–H groups in total. The molecule has 0 aromatic carbocycles. The van der Waals surface area contributed by atoms with Crippen molar-refractivity contribution in [2.75, 3.05) is 13.1 Å². The van der Waals surface area contributed by atoms with Crippen molar-refractivity contribution in [3.05, 3.63) is 0 Å². The molecule has 0 rings (SSSR count). The highest BCUT2D eigenvalue weighted by Crippen LogP contribution is 2.07. The number of esters is 1. The smallest absolute Gasteiger partial charge is 0.307 e. The third-order valence-electron chi connectivity index (χ3n) is 2.28. The Labute approximate surface area is 116 Å². The zero-order valence-corrected chi connectivity index (χ0v) is 13.0. The average Bonchev–Trinajstić information content (AvgIpc) is 2.22. The molecule has 0 aliphatic heterocycles. The molecular formula is C14H28N2O3. The summed E-state index contributed by atoms with van der Waals surface area (Å²) in [6.07, 6.45) is 0.263. The van der Waals surface area contributed by atoms with Crippen LogP contribution in [0.15, 0.2) is 0 Å². The first-order valence-electron chi connectivity index (χ1n) is 6.84. The van der Waals surface area contributed by atoms with Crippen molar-refractivity contribution in [2.24, 2.45) is 5.92 Å². The molecule has 0 radical (unpaired) electrons. The summed E-state index contributed by atoms with van der Waals surface area (Å²) < 4.78 is 5.18. The summed E-state index contributed by atoms with van der Waals surface area (Å²) in [6, 6.07) is -0.304. The molecule has 19 heavy (non-hydrogen) atoms. The molecule has 0 aromatic heterocycles. The maximum absolute atomic E-state index is 11.7. The Balaban J connectivity index is 3.82. The first kappa shape index (κ1) is 17.9. The van der Waals surface area contributed by atoms with E-state index < -0.39 is 5.60 Å². The van der Waals surface area contributed by atoms with Gasteiger partial charge in [-0.1, -0.05) is 13.8 Å². The Morgan fingerprint density at radius 1 is 1.16 bits per heavy atom. The topological polar surface area (TPSA) is 67.4 Å². The molecule has 1 atom stereocenters. The second-order valence-electron chi connectivity index (χ2n) is 6.15. The molecule has 0 aliphatic rings. The molecule has 0 saturated heterocycles. The maximum atomic E-state index is 11.7. The summed E-state index contributed by atoms with van der Waals surface area (Å²) in [5.74, 6) is 0.130. The van der Waals surface area contributed by atoms with Crippen LogP contribution in [0, 0.1) is 5.92 Å². The van der Waals surface area contributed by atoms with Crippen LogP contribution in [0.4, 0.5) is 0 Å². The van der Waals surface area contributed by atoms with E-state index in [0.717, 1.165) is 0 Å². The molecule has 5 nitrogen and oxygen atoms in total. The molecular weight excluding hydrogens is 244 g/mol. The van der Waals surface area contributed by atoms with Gasteiger partial charge in [-0.3, -0.25) is 9.59 Å². The van der Waals surface area contributed by atoms with Crippen LogP contribution in [-0.4, -0.2) is 36.6 Å². The van der Waals surface area contributed by atoms with Crippen LogP contribution in [0.1, 0.15) is 48.0 Å². The van der Waals surface area contributed by atoms with Crippen molar-refractivity contribution >= 4 is 11.9 Å². The number of carbonyl (C=O) groups is 2. The van der Waals surface area contributed by atoms with Gasteiger partial charge in [-0.05, 0) is 33.6 Å². The molecule has 0 aromatic rings. The summed E-state index contributed by atoms with van der Waals surface area (Å²) >= 11 is 0. The van der Waals surface area contributed by atoms with Crippen molar-refractivity contribution in [3.63, 3.8) is 0 Å². The van der Waals surface area contributed by atoms with E-state index in [0.29, 0.717) is 19.0 Å². The van der Waals surface area contributed by atoms with Gasteiger partial charge >= 0.3 is 5.97 Å². The lowest BCUT2D eigenvalue weighted by molar-refractivity contribution is -0.154. The second-order valence-corrected chi connectivity index (χ2v) is 6.15. The van der Waals surface area contributed by atoms with E-state index in [1.54, 1.807) is 6.92 Å². The molecule has 0 fully saturated rings. The normalized spacial score (nSPS) is 13.2. The molecule has 0 saturated carbocycles. The first-order valence-corrected chi connectivity index (χ1v) is 6.84. The Hall–Kier alpha value is -1.10. The third-order valence-corrected chi connectivity index (χ3v) is 2.28. The number of hydrogen-bond donors (Lipinski definition) is 2. The van der Waals surface area contributed by atoms with Gasteiger partial charge < -0.3 is 15.4 Å². The SMILES string of the molecule is CC(C)CNC(=O)C(C)NCCC(=O)OC(C)(C)C. The van der Waals surface area contributed by atoms with Gasteiger partial charge in [-0.15, -0.1) is 0 Å². The lowest BCUT2D eigenvalue weighted by Gasteiger charge is -2.20. The van der Waals surface area contributed by atoms with Crippen LogP contribution in [-0.2, 0) is 14.3 Å². The molecule has 112 valence electrons. The van der Waals surface area contributed by atoms with Crippen LogP contribution in [0.3, 0.4) is 0 Å². The minimum absolute atomic E-state index is 0.0436. The van der Waals surface area contributed by atoms with Crippen molar-refractivity contribution in [3.8, 4) is 0 Å². The number of nitrogens with one attached hydrogen (secondary N) is 2. The summed E-state index contributed by atoms with van der Waals surface area (Å²) in [7, 11) is 0. The number of ether oxygens (including phenoxy) is 1. The van der Waals surface area contributed by atoms with E-state index in [1.807, 2.05) is 34.6 Å². The van der Waals surface area contributed by atoms with E-state index in [2.05, 4.69) is 10.6 Å². The zero-order valence-electron chi connectivity index (χ0n) is 13.0. The number of carbonyl (C=O) groups excluding carboxylic acids is 2. The molecule has 0 aliphatic carbocycles. The molecule has 0 heterocycles. The van der Waals surface area contributed by atoms with Crippen LogP contribution >= 0.6 is 0 Å². The minimum atomic E-state index is -0.461. The fraction of sp³-hybridized carbons (Fsp3) is 0.857. The van der Waals surface area contributed by atoms with Crippen molar-refractivity contribution in [1.82, 2.24) is 10.6 Å². The van der Waals surface area contributed by atoms with Gasteiger partial charge in [-0.25, -0.2) is 0 Å². The van der Waals surface area contributed by atoms with Gasteiger partial charge in [0.1, 0.15) is 5.60 Å².